The van der Waals surface area contributed by atoms with Crippen molar-refractivity contribution in [2.24, 2.45) is 12.8 Å². The van der Waals surface area contributed by atoms with Crippen LogP contribution in [0, 0.1) is 11.6 Å². The summed E-state index contributed by atoms with van der Waals surface area (Å²) in [6, 6.07) is 5.04. The van der Waals surface area contributed by atoms with E-state index in [4.69, 9.17) is 5.73 Å². The summed E-state index contributed by atoms with van der Waals surface area (Å²) in [5.74, 6) is -1.42. The number of nitrogens with two attached hydrogens (primary N) is 1. The number of aldehydes is 1. The van der Waals surface area contributed by atoms with Crippen LogP contribution in [0.5, 0.6) is 0 Å². The van der Waals surface area contributed by atoms with Gasteiger partial charge in [-0.05, 0) is 44.0 Å². The van der Waals surface area contributed by atoms with E-state index in [1.807, 2.05) is 13.2 Å². The molecule has 0 saturated heterocycles. The second-order valence-corrected chi connectivity index (χ2v) is 10.4. The van der Waals surface area contributed by atoms with Gasteiger partial charge in [0, 0.05) is 75.1 Å². The van der Waals surface area contributed by atoms with Gasteiger partial charge in [-0.25, -0.2) is 13.8 Å². The molecular weight excluding hydrogens is 528 g/mol. The SMILES string of the molecule is CCN1CCN(C)c2cc3c(cc21)-c1cn(C)c(=O)c2[nH]cc(c12)CN3c1ncc(F)cc1F.NCCCCC=O. The quantitative estimate of drug-likeness (QED) is 0.264. The predicted octanol–water partition coefficient (Wildman–Crippen LogP) is 4.45. The minimum atomic E-state index is -0.736. The molecule has 0 radical (unpaired) electrons. The Bertz CT molecular complexity index is 1650. The number of hydrogen-bond acceptors (Lipinski definition) is 7. The number of aryl methyl sites for hydroxylation is 1. The zero-order valence-electron chi connectivity index (χ0n) is 23.6. The number of carbonyl (C=O) groups excluding carboxylic acids is 1. The Morgan fingerprint density at radius 3 is 2.59 bits per heavy atom. The first-order chi connectivity index (χ1) is 19.8. The fourth-order valence-corrected chi connectivity index (χ4v) is 5.59. The minimum absolute atomic E-state index is 0.0438. The van der Waals surface area contributed by atoms with Crippen LogP contribution in [0.3, 0.4) is 0 Å². The summed E-state index contributed by atoms with van der Waals surface area (Å²) in [6.45, 7) is 5.73. The van der Waals surface area contributed by atoms with E-state index < -0.39 is 11.6 Å². The highest BCUT2D eigenvalue weighted by molar-refractivity contribution is 6.04. The van der Waals surface area contributed by atoms with Crippen LogP contribution in [0.1, 0.15) is 31.7 Å². The number of nitrogens with zero attached hydrogens (tertiary/aromatic N) is 5. The topological polar surface area (TPSA) is 103 Å². The second-order valence-electron chi connectivity index (χ2n) is 10.4. The van der Waals surface area contributed by atoms with E-state index in [0.717, 1.165) is 90.2 Å². The number of carbonyl (C=O) groups is 1. The van der Waals surface area contributed by atoms with Crippen molar-refractivity contribution in [2.75, 3.05) is 47.9 Å². The number of rotatable bonds is 6. The molecule has 0 aliphatic carbocycles. The molecule has 11 heteroatoms. The summed E-state index contributed by atoms with van der Waals surface area (Å²) in [5, 5.41) is 0.821. The van der Waals surface area contributed by atoms with Crippen LogP contribution in [0.15, 0.2) is 41.6 Å². The van der Waals surface area contributed by atoms with Gasteiger partial charge in [-0.2, -0.15) is 0 Å². The zero-order valence-corrected chi connectivity index (χ0v) is 23.6. The number of hydrogen-bond donors (Lipinski definition) is 2. The van der Waals surface area contributed by atoms with Gasteiger partial charge in [-0.15, -0.1) is 0 Å². The van der Waals surface area contributed by atoms with Crippen molar-refractivity contribution >= 4 is 40.1 Å². The Morgan fingerprint density at radius 2 is 1.88 bits per heavy atom. The molecule has 2 aliphatic rings. The van der Waals surface area contributed by atoms with Crippen molar-refractivity contribution in [1.29, 1.82) is 0 Å². The highest BCUT2D eigenvalue weighted by Crippen LogP contribution is 2.48. The van der Waals surface area contributed by atoms with Gasteiger partial charge < -0.3 is 34.8 Å². The first-order valence-corrected chi connectivity index (χ1v) is 13.8. The van der Waals surface area contributed by atoms with Crippen molar-refractivity contribution in [3.8, 4) is 11.1 Å². The normalized spacial score (nSPS) is 13.9. The number of halogens is 2. The second kappa shape index (κ2) is 11.7. The summed E-state index contributed by atoms with van der Waals surface area (Å²) in [6.07, 6.45) is 8.17. The number of H-pyrrole nitrogens is 1. The molecule has 1 aromatic carbocycles. The van der Waals surface area contributed by atoms with Gasteiger partial charge >= 0.3 is 0 Å². The average Bonchev–Trinajstić information content (AvgIpc) is 3.33. The van der Waals surface area contributed by atoms with Crippen LogP contribution in [0.2, 0.25) is 0 Å². The van der Waals surface area contributed by atoms with Crippen LogP contribution < -0.4 is 26.0 Å². The molecule has 6 rings (SSSR count). The number of pyridine rings is 2. The first-order valence-electron chi connectivity index (χ1n) is 13.8. The molecule has 4 aromatic rings. The summed E-state index contributed by atoms with van der Waals surface area (Å²) >= 11 is 0. The van der Waals surface area contributed by atoms with E-state index in [1.165, 1.54) is 0 Å². The molecule has 0 spiro atoms. The molecule has 0 saturated carbocycles. The maximum absolute atomic E-state index is 15.0. The third kappa shape index (κ3) is 5.17. The van der Waals surface area contributed by atoms with Crippen molar-refractivity contribution in [3.05, 3.63) is 64.3 Å². The lowest BCUT2D eigenvalue weighted by atomic mass is 9.98. The lowest BCUT2D eigenvalue weighted by Gasteiger charge is -2.38. The van der Waals surface area contributed by atoms with E-state index in [0.29, 0.717) is 18.5 Å². The molecule has 2 aliphatic heterocycles. The van der Waals surface area contributed by atoms with E-state index >= 15 is 4.39 Å². The summed E-state index contributed by atoms with van der Waals surface area (Å²) < 4.78 is 30.3. The molecule has 0 atom stereocenters. The van der Waals surface area contributed by atoms with Gasteiger partial charge in [-0.1, -0.05) is 0 Å². The van der Waals surface area contributed by atoms with Crippen LogP contribution in [-0.2, 0) is 18.4 Å². The van der Waals surface area contributed by atoms with Crippen molar-refractivity contribution < 1.29 is 13.6 Å². The largest absolute Gasteiger partial charge is 0.371 e. The molecule has 5 heterocycles. The third-order valence-electron chi connectivity index (χ3n) is 7.75. The van der Waals surface area contributed by atoms with Crippen molar-refractivity contribution in [1.82, 2.24) is 14.5 Å². The predicted molar refractivity (Wildman–Crippen MR) is 159 cm³/mol. The van der Waals surface area contributed by atoms with E-state index in [9.17, 15) is 14.0 Å². The number of anilines is 4. The number of likely N-dealkylation sites (N-methyl/N-ethyl adjacent to an activating group) is 2. The molecule has 3 aromatic heterocycles. The highest BCUT2D eigenvalue weighted by Gasteiger charge is 2.31. The van der Waals surface area contributed by atoms with E-state index in [1.54, 1.807) is 22.7 Å². The van der Waals surface area contributed by atoms with Gasteiger partial charge in [0.1, 0.15) is 17.6 Å². The molecule has 216 valence electrons. The van der Waals surface area contributed by atoms with Crippen LogP contribution in [0.25, 0.3) is 22.0 Å². The first kappa shape index (κ1) is 28.3. The zero-order chi connectivity index (χ0) is 29.3. The molecule has 9 nitrogen and oxygen atoms in total. The standard InChI is InChI=1S/C25H24F2N6O.C5H11NO/c1-4-32-6-5-30(2)20-9-19-16(8-21(20)32)17-13-31(3)25(34)23-22(17)14(10-28-23)12-33(19)24-18(27)7-15(26)11-29-24;6-4-2-1-3-5-7/h7-11,13,28H,4-6,12H2,1-3H3;5H,1-4,6H2. The Kier molecular flexibility index (Phi) is 8.07. The molecule has 0 bridgehead atoms. The maximum Gasteiger partial charge on any atom is 0.274 e. The molecular formula is C30H35F2N7O2. The van der Waals surface area contributed by atoms with Crippen LogP contribution in [0.4, 0.5) is 31.7 Å². The van der Waals surface area contributed by atoms with E-state index in [2.05, 4.69) is 38.8 Å². The third-order valence-corrected chi connectivity index (χ3v) is 7.75. The number of fused-ring (bicyclic) bond motifs is 3. The number of unbranched alkanes of at least 4 members (excludes halogenated alkanes) is 2. The molecule has 41 heavy (non-hydrogen) atoms. The Balaban J connectivity index is 0.000000431. The summed E-state index contributed by atoms with van der Waals surface area (Å²) in [7, 11) is 3.77. The Morgan fingerprint density at radius 1 is 1.07 bits per heavy atom. The van der Waals surface area contributed by atoms with Gasteiger partial charge in [-0.3, -0.25) is 4.79 Å². The Labute approximate surface area is 237 Å². The minimum Gasteiger partial charge on any atom is -0.371 e. The van der Waals surface area contributed by atoms with E-state index in [-0.39, 0.29) is 17.9 Å². The maximum atomic E-state index is 15.0. The fraction of sp³-hybridized carbons (Fsp3) is 0.367. The van der Waals surface area contributed by atoms with Crippen molar-refractivity contribution in [2.45, 2.75) is 32.7 Å². The van der Waals surface area contributed by atoms with Gasteiger partial charge in [0.2, 0.25) is 0 Å². The fourth-order valence-electron chi connectivity index (χ4n) is 5.59. The van der Waals surface area contributed by atoms with Gasteiger partial charge in [0.05, 0.1) is 29.8 Å². The monoisotopic (exact) mass is 563 g/mol. The number of nitrogens with one attached hydrogen (secondary N) is 1. The van der Waals surface area contributed by atoms with Crippen molar-refractivity contribution in [3.63, 3.8) is 0 Å². The number of aromatic nitrogens is 3. The molecule has 0 fully saturated rings. The lowest BCUT2D eigenvalue weighted by Crippen LogP contribution is -2.39. The molecule has 3 N–H and O–H groups in total. The molecule has 0 amide bonds. The average molecular weight is 564 g/mol. The lowest BCUT2D eigenvalue weighted by molar-refractivity contribution is -0.107. The van der Waals surface area contributed by atoms with Gasteiger partial charge in [0.25, 0.3) is 5.56 Å². The number of benzene rings is 1. The van der Waals surface area contributed by atoms with Crippen LogP contribution in [-0.4, -0.2) is 54.0 Å². The summed E-state index contributed by atoms with van der Waals surface area (Å²) in [5.41, 5.74) is 11.0. The summed E-state index contributed by atoms with van der Waals surface area (Å²) in [4.78, 5) is 36.0. The number of aromatic amines is 1. The highest BCUT2D eigenvalue weighted by atomic mass is 19.1. The van der Waals surface area contributed by atoms with Crippen LogP contribution >= 0.6 is 0 Å². The van der Waals surface area contributed by atoms with Gasteiger partial charge in [0.15, 0.2) is 11.6 Å². The molecule has 0 unspecified atom stereocenters. The smallest absolute Gasteiger partial charge is 0.274 e. The Hall–Kier alpha value is -4.25.